The van der Waals surface area contributed by atoms with Crippen LogP contribution in [0.4, 0.5) is 14.5 Å². The summed E-state index contributed by atoms with van der Waals surface area (Å²) in [5, 5.41) is 12.3. The maximum Gasteiger partial charge on any atom is 0.352 e. The van der Waals surface area contributed by atoms with Crippen LogP contribution in [0.5, 0.6) is 0 Å². The van der Waals surface area contributed by atoms with Crippen LogP contribution < -0.4 is 10.2 Å². The topological polar surface area (TPSA) is 102 Å². The average Bonchev–Trinajstić information content (AvgIpc) is 3.28. The summed E-state index contributed by atoms with van der Waals surface area (Å²) >= 11 is 0. The van der Waals surface area contributed by atoms with E-state index in [0.717, 1.165) is 18.2 Å². The summed E-state index contributed by atoms with van der Waals surface area (Å²) in [6, 6.07) is 9.49. The smallest absolute Gasteiger partial charge is 0.352 e. The predicted molar refractivity (Wildman–Crippen MR) is 104 cm³/mol. The maximum atomic E-state index is 13.3. The van der Waals surface area contributed by atoms with Gasteiger partial charge in [-0.3, -0.25) is 9.59 Å². The van der Waals surface area contributed by atoms with Crippen molar-refractivity contribution in [2.24, 2.45) is 5.92 Å². The van der Waals surface area contributed by atoms with Gasteiger partial charge in [-0.05, 0) is 48.4 Å². The third-order valence-corrected chi connectivity index (χ3v) is 5.06. The highest BCUT2D eigenvalue weighted by Gasteiger charge is 2.37. The molecule has 1 saturated heterocycles. The van der Waals surface area contributed by atoms with Crippen molar-refractivity contribution in [2.45, 2.75) is 13.0 Å². The Hall–Kier alpha value is -3.75. The van der Waals surface area contributed by atoms with Crippen molar-refractivity contribution in [3.63, 3.8) is 0 Å². The van der Waals surface area contributed by atoms with E-state index in [-0.39, 0.29) is 23.7 Å². The highest BCUT2D eigenvalue weighted by Crippen LogP contribution is 2.29. The molecule has 1 aliphatic rings. The first-order valence-corrected chi connectivity index (χ1v) is 9.22. The number of H-pyrrole nitrogens is 1. The van der Waals surface area contributed by atoms with Gasteiger partial charge in [0, 0.05) is 35.7 Å². The molecule has 2 heterocycles. The molecule has 1 aromatic heterocycles. The summed E-state index contributed by atoms with van der Waals surface area (Å²) < 4.78 is 26.5. The molecule has 0 saturated carbocycles. The van der Waals surface area contributed by atoms with Gasteiger partial charge in [0.2, 0.25) is 11.8 Å². The molecule has 0 unspecified atom stereocenters. The lowest BCUT2D eigenvalue weighted by Gasteiger charge is -2.17. The number of aromatic amines is 1. The van der Waals surface area contributed by atoms with E-state index >= 15 is 0 Å². The quantitative estimate of drug-likeness (QED) is 0.560. The second-order valence-electron chi connectivity index (χ2n) is 7.09. The Morgan fingerprint density at radius 2 is 1.87 bits per heavy atom. The van der Waals surface area contributed by atoms with Crippen LogP contribution >= 0.6 is 0 Å². The average molecular weight is 413 g/mol. The minimum atomic E-state index is -1.08. The van der Waals surface area contributed by atoms with Gasteiger partial charge >= 0.3 is 5.97 Å². The molecule has 9 heteroatoms. The third-order valence-electron chi connectivity index (χ3n) is 5.06. The van der Waals surface area contributed by atoms with Crippen molar-refractivity contribution in [2.75, 3.05) is 11.4 Å². The van der Waals surface area contributed by atoms with Crippen LogP contribution in [0.1, 0.15) is 22.5 Å². The molecule has 1 fully saturated rings. The number of halogens is 2. The summed E-state index contributed by atoms with van der Waals surface area (Å²) in [5.74, 6) is -4.36. The van der Waals surface area contributed by atoms with E-state index in [0.29, 0.717) is 29.6 Å². The lowest BCUT2D eigenvalue weighted by atomic mass is 10.1. The fourth-order valence-corrected chi connectivity index (χ4v) is 3.61. The fourth-order valence-electron chi connectivity index (χ4n) is 3.61. The normalized spacial score (nSPS) is 16.3. The number of benzene rings is 2. The number of amides is 2. The Morgan fingerprint density at radius 1 is 1.13 bits per heavy atom. The molecule has 0 spiro atoms. The van der Waals surface area contributed by atoms with E-state index in [9.17, 15) is 23.2 Å². The number of rotatable bonds is 5. The van der Waals surface area contributed by atoms with Crippen molar-refractivity contribution in [1.29, 1.82) is 0 Å². The number of aromatic nitrogens is 1. The molecule has 2 aromatic carbocycles. The van der Waals surface area contributed by atoms with Gasteiger partial charge in [-0.2, -0.15) is 0 Å². The predicted octanol–water partition coefficient (Wildman–Crippen LogP) is 2.81. The van der Waals surface area contributed by atoms with Crippen LogP contribution in [0.3, 0.4) is 0 Å². The highest BCUT2D eigenvalue weighted by atomic mass is 19.1. The largest absolute Gasteiger partial charge is 0.477 e. The molecule has 3 aromatic rings. The summed E-state index contributed by atoms with van der Waals surface area (Å²) in [7, 11) is 0. The van der Waals surface area contributed by atoms with Gasteiger partial charge in [-0.15, -0.1) is 0 Å². The van der Waals surface area contributed by atoms with Crippen molar-refractivity contribution in [1.82, 2.24) is 10.3 Å². The van der Waals surface area contributed by atoms with E-state index in [1.165, 1.54) is 11.0 Å². The molecule has 0 bridgehead atoms. The Kier molecular flexibility index (Phi) is 4.94. The minimum Gasteiger partial charge on any atom is -0.477 e. The molecule has 2 amide bonds. The zero-order valence-electron chi connectivity index (χ0n) is 15.6. The van der Waals surface area contributed by atoms with Crippen LogP contribution in [-0.2, 0) is 16.1 Å². The molecule has 1 atom stereocenters. The van der Waals surface area contributed by atoms with Gasteiger partial charge in [-0.1, -0.05) is 0 Å². The summed E-state index contributed by atoms with van der Waals surface area (Å²) in [4.78, 5) is 40.6. The molecule has 7 nitrogen and oxygen atoms in total. The van der Waals surface area contributed by atoms with E-state index in [1.54, 1.807) is 18.2 Å². The maximum absolute atomic E-state index is 13.3. The number of fused-ring (bicyclic) bond motifs is 1. The van der Waals surface area contributed by atoms with Gasteiger partial charge in [0.15, 0.2) is 0 Å². The van der Waals surface area contributed by atoms with Gasteiger partial charge in [-0.25, -0.2) is 13.6 Å². The van der Waals surface area contributed by atoms with Gasteiger partial charge in [0.25, 0.3) is 0 Å². The number of hydrogen-bond donors (Lipinski definition) is 3. The Labute approximate surface area is 169 Å². The number of hydrogen-bond acceptors (Lipinski definition) is 3. The van der Waals surface area contributed by atoms with E-state index in [2.05, 4.69) is 10.3 Å². The van der Waals surface area contributed by atoms with E-state index < -0.39 is 29.4 Å². The Morgan fingerprint density at radius 3 is 2.57 bits per heavy atom. The van der Waals surface area contributed by atoms with Crippen molar-refractivity contribution < 1.29 is 28.3 Å². The van der Waals surface area contributed by atoms with Gasteiger partial charge < -0.3 is 20.3 Å². The first kappa shape index (κ1) is 19.6. The second kappa shape index (κ2) is 7.58. The monoisotopic (exact) mass is 413 g/mol. The van der Waals surface area contributed by atoms with Crippen LogP contribution in [-0.4, -0.2) is 34.4 Å². The molecule has 154 valence electrons. The molecule has 4 rings (SSSR count). The number of nitrogens with zero attached hydrogens (tertiary/aromatic N) is 1. The number of carboxylic acids is 1. The lowest BCUT2D eigenvalue weighted by Crippen LogP contribution is -2.36. The highest BCUT2D eigenvalue weighted by molar-refractivity contribution is 6.10. The van der Waals surface area contributed by atoms with Crippen molar-refractivity contribution in [3.05, 3.63) is 65.4 Å². The Balaban J connectivity index is 1.45. The van der Waals surface area contributed by atoms with E-state index in [4.69, 9.17) is 5.11 Å². The summed E-state index contributed by atoms with van der Waals surface area (Å²) in [5.41, 5.74) is 1.49. The molecular formula is C21H17F2N3O4. The lowest BCUT2D eigenvalue weighted by molar-refractivity contribution is -0.132. The number of nitrogens with one attached hydrogen (secondary N) is 2. The van der Waals surface area contributed by atoms with Crippen LogP contribution in [0.2, 0.25) is 0 Å². The SMILES string of the molecule is O=C(O)c1cc2cc(N3CC[C@H](C(=O)NCc4cc(F)cc(F)c4)C3=O)ccc2[nH]1. The van der Waals surface area contributed by atoms with Crippen LogP contribution in [0.25, 0.3) is 10.9 Å². The minimum absolute atomic E-state index is 0.0425. The first-order chi connectivity index (χ1) is 14.3. The van der Waals surface area contributed by atoms with Crippen LogP contribution in [0.15, 0.2) is 42.5 Å². The standard InChI is InChI=1S/C21H17F2N3O4/c22-13-5-11(6-14(23)9-13)10-24-19(27)16-3-4-26(20(16)28)15-1-2-17-12(7-15)8-18(25-17)21(29)30/h1-2,5-9,16,25H,3-4,10H2,(H,24,27)(H,29,30)/t16-/m1/s1. The van der Waals surface area contributed by atoms with Crippen molar-refractivity contribution in [3.8, 4) is 0 Å². The molecule has 0 aliphatic carbocycles. The number of aromatic carboxylic acids is 1. The second-order valence-corrected chi connectivity index (χ2v) is 7.09. The fraction of sp³-hybridized carbons (Fsp3) is 0.190. The zero-order valence-corrected chi connectivity index (χ0v) is 15.6. The van der Waals surface area contributed by atoms with Crippen molar-refractivity contribution >= 4 is 34.4 Å². The van der Waals surface area contributed by atoms with Crippen LogP contribution in [0, 0.1) is 17.6 Å². The van der Waals surface area contributed by atoms with Gasteiger partial charge in [0.05, 0.1) is 0 Å². The van der Waals surface area contributed by atoms with E-state index in [1.807, 2.05) is 0 Å². The summed E-state index contributed by atoms with van der Waals surface area (Å²) in [6.45, 7) is 0.234. The molecule has 0 radical (unpaired) electrons. The molecule has 3 N–H and O–H groups in total. The molecule has 30 heavy (non-hydrogen) atoms. The first-order valence-electron chi connectivity index (χ1n) is 9.22. The molecule has 1 aliphatic heterocycles. The number of carbonyl (C=O) groups is 3. The summed E-state index contributed by atoms with van der Waals surface area (Å²) in [6.07, 6.45) is 0.299. The Bertz CT molecular complexity index is 1150. The third kappa shape index (κ3) is 3.73. The number of anilines is 1. The zero-order chi connectivity index (χ0) is 21.4. The molecular weight excluding hydrogens is 396 g/mol. The number of carboxylic acid groups (broad SMARTS) is 1. The number of carbonyl (C=O) groups excluding carboxylic acids is 2. The van der Waals surface area contributed by atoms with Gasteiger partial charge in [0.1, 0.15) is 23.2 Å².